The maximum Gasteiger partial charge on any atom is 0.231 e. The Kier molecular flexibility index (Phi) is 1.57. The maximum absolute atomic E-state index is 5.37. The first kappa shape index (κ1) is 7.92. The highest BCUT2D eigenvalue weighted by Crippen LogP contribution is 2.40. The molecule has 2 heteroatoms. The van der Waals surface area contributed by atoms with Gasteiger partial charge < -0.3 is 9.47 Å². The zero-order chi connectivity index (χ0) is 9.54. The molecule has 0 fully saturated rings. The number of hydrogen-bond acceptors (Lipinski definition) is 2. The molecule has 1 aliphatic carbocycles. The van der Waals surface area contributed by atoms with Crippen molar-refractivity contribution in [2.75, 3.05) is 6.79 Å². The third-order valence-corrected chi connectivity index (χ3v) is 2.90. The first-order valence-electron chi connectivity index (χ1n) is 4.94. The molecule has 72 valence electrons. The van der Waals surface area contributed by atoms with E-state index in [9.17, 15) is 0 Å². The number of fused-ring (bicyclic) bond motifs is 2. The van der Waals surface area contributed by atoms with Crippen molar-refractivity contribution in [3.63, 3.8) is 0 Å². The second-order valence-electron chi connectivity index (χ2n) is 3.87. The molecule has 0 amide bonds. The van der Waals surface area contributed by atoms with Gasteiger partial charge >= 0.3 is 0 Å². The van der Waals surface area contributed by atoms with Gasteiger partial charge in [0, 0.05) is 0 Å². The average molecular weight is 188 g/mol. The molecular weight excluding hydrogens is 176 g/mol. The van der Waals surface area contributed by atoms with Gasteiger partial charge in [-0.3, -0.25) is 0 Å². The summed E-state index contributed by atoms with van der Waals surface area (Å²) in [6.07, 6.45) is 5.50. The first-order valence-corrected chi connectivity index (χ1v) is 4.94. The maximum atomic E-state index is 5.37. The third kappa shape index (κ3) is 1.03. The van der Waals surface area contributed by atoms with E-state index in [2.05, 4.69) is 31.2 Å². The Labute approximate surface area is 83.1 Å². The van der Waals surface area contributed by atoms with Crippen LogP contribution >= 0.6 is 0 Å². The van der Waals surface area contributed by atoms with E-state index in [1.165, 1.54) is 11.1 Å². The monoisotopic (exact) mass is 188 g/mol. The molecule has 1 aliphatic heterocycles. The van der Waals surface area contributed by atoms with Crippen LogP contribution in [0.5, 0.6) is 11.5 Å². The normalized spacial score (nSPS) is 22.2. The van der Waals surface area contributed by atoms with Crippen LogP contribution in [-0.4, -0.2) is 6.79 Å². The third-order valence-electron chi connectivity index (χ3n) is 2.90. The Bertz CT molecular complexity index is 407. The van der Waals surface area contributed by atoms with Gasteiger partial charge in [-0.15, -0.1) is 0 Å². The Morgan fingerprint density at radius 2 is 2.00 bits per heavy atom. The van der Waals surface area contributed by atoms with Gasteiger partial charge in [-0.05, 0) is 35.6 Å². The minimum atomic E-state index is 0.357. The molecule has 0 N–H and O–H groups in total. The number of benzene rings is 1. The highest BCUT2D eigenvalue weighted by Gasteiger charge is 2.20. The predicted molar refractivity (Wildman–Crippen MR) is 54.6 cm³/mol. The minimum Gasteiger partial charge on any atom is -0.454 e. The zero-order valence-corrected chi connectivity index (χ0v) is 8.12. The number of hydrogen-bond donors (Lipinski definition) is 0. The molecule has 14 heavy (non-hydrogen) atoms. The summed E-state index contributed by atoms with van der Waals surface area (Å²) in [5.74, 6) is 2.36. The zero-order valence-electron chi connectivity index (χ0n) is 8.12. The van der Waals surface area contributed by atoms with Gasteiger partial charge in [0.25, 0.3) is 0 Å². The van der Waals surface area contributed by atoms with E-state index in [4.69, 9.17) is 9.47 Å². The van der Waals surface area contributed by atoms with Crippen molar-refractivity contribution < 1.29 is 9.47 Å². The van der Waals surface area contributed by atoms with Crippen LogP contribution in [0.2, 0.25) is 0 Å². The SMILES string of the molecule is C[C@H]1CC=Cc2cc3c(cc21)OCO3. The van der Waals surface area contributed by atoms with E-state index in [1.807, 2.05) is 0 Å². The lowest BCUT2D eigenvalue weighted by Gasteiger charge is -2.17. The second kappa shape index (κ2) is 2.77. The molecule has 1 heterocycles. The van der Waals surface area contributed by atoms with Crippen LogP contribution in [-0.2, 0) is 0 Å². The van der Waals surface area contributed by atoms with Crippen LogP contribution in [0.25, 0.3) is 6.08 Å². The topological polar surface area (TPSA) is 18.5 Å². The fraction of sp³-hybridized carbons (Fsp3) is 0.333. The highest BCUT2D eigenvalue weighted by molar-refractivity contribution is 5.63. The van der Waals surface area contributed by atoms with Crippen LogP contribution in [0.1, 0.15) is 30.4 Å². The summed E-state index contributed by atoms with van der Waals surface area (Å²) in [5.41, 5.74) is 2.64. The van der Waals surface area contributed by atoms with Crippen molar-refractivity contribution in [2.24, 2.45) is 0 Å². The highest BCUT2D eigenvalue weighted by atomic mass is 16.7. The molecule has 0 saturated heterocycles. The van der Waals surface area contributed by atoms with E-state index in [1.54, 1.807) is 0 Å². The Morgan fingerprint density at radius 1 is 1.21 bits per heavy atom. The Balaban J connectivity index is 2.18. The standard InChI is InChI=1S/C12H12O2/c1-8-3-2-4-9-5-11-12(6-10(8)9)14-7-13-11/h2,4-6,8H,3,7H2,1H3/t8-/m0/s1. The summed E-state index contributed by atoms with van der Waals surface area (Å²) in [5, 5.41) is 0. The molecule has 0 saturated carbocycles. The van der Waals surface area contributed by atoms with Crippen LogP contribution < -0.4 is 9.47 Å². The summed E-state index contributed by atoms with van der Waals surface area (Å²) in [6.45, 7) is 2.60. The van der Waals surface area contributed by atoms with Crippen molar-refractivity contribution in [1.82, 2.24) is 0 Å². The Morgan fingerprint density at radius 3 is 2.86 bits per heavy atom. The van der Waals surface area contributed by atoms with E-state index >= 15 is 0 Å². The van der Waals surface area contributed by atoms with Crippen LogP contribution in [0.3, 0.4) is 0 Å². The summed E-state index contributed by atoms with van der Waals surface area (Å²) >= 11 is 0. The smallest absolute Gasteiger partial charge is 0.231 e. The second-order valence-corrected chi connectivity index (χ2v) is 3.87. The fourth-order valence-electron chi connectivity index (χ4n) is 2.07. The number of allylic oxidation sites excluding steroid dienone is 1. The molecule has 1 aromatic rings. The van der Waals surface area contributed by atoms with Crippen LogP contribution in [0, 0.1) is 0 Å². The van der Waals surface area contributed by atoms with Crippen molar-refractivity contribution in [1.29, 1.82) is 0 Å². The number of ether oxygens (including phenoxy) is 2. The molecule has 0 unspecified atom stereocenters. The molecule has 1 atom stereocenters. The van der Waals surface area contributed by atoms with Gasteiger partial charge in [-0.2, -0.15) is 0 Å². The van der Waals surface area contributed by atoms with Crippen molar-refractivity contribution in [3.8, 4) is 11.5 Å². The van der Waals surface area contributed by atoms with Crippen LogP contribution in [0.4, 0.5) is 0 Å². The fourth-order valence-corrected chi connectivity index (χ4v) is 2.07. The predicted octanol–water partition coefficient (Wildman–Crippen LogP) is 2.94. The van der Waals surface area contributed by atoms with E-state index in [0.29, 0.717) is 12.7 Å². The van der Waals surface area contributed by atoms with Gasteiger partial charge in [0.15, 0.2) is 11.5 Å². The lowest BCUT2D eigenvalue weighted by atomic mass is 9.88. The molecule has 0 bridgehead atoms. The molecule has 3 rings (SSSR count). The van der Waals surface area contributed by atoms with E-state index in [-0.39, 0.29) is 0 Å². The van der Waals surface area contributed by atoms with Crippen LogP contribution in [0.15, 0.2) is 18.2 Å². The first-order chi connectivity index (χ1) is 6.84. The lowest BCUT2D eigenvalue weighted by molar-refractivity contribution is 0.174. The largest absolute Gasteiger partial charge is 0.454 e. The Hall–Kier alpha value is -1.44. The summed E-state index contributed by atoms with van der Waals surface area (Å²) in [7, 11) is 0. The molecule has 0 spiro atoms. The van der Waals surface area contributed by atoms with E-state index < -0.39 is 0 Å². The molecule has 1 aromatic carbocycles. The summed E-state index contributed by atoms with van der Waals surface area (Å²) in [4.78, 5) is 0. The molecule has 0 aromatic heterocycles. The van der Waals surface area contributed by atoms with Gasteiger partial charge in [0.05, 0.1) is 0 Å². The van der Waals surface area contributed by atoms with Crippen molar-refractivity contribution in [3.05, 3.63) is 29.3 Å². The molecule has 0 radical (unpaired) electrons. The quantitative estimate of drug-likeness (QED) is 0.623. The number of rotatable bonds is 0. The van der Waals surface area contributed by atoms with E-state index in [0.717, 1.165) is 17.9 Å². The van der Waals surface area contributed by atoms with Crippen molar-refractivity contribution in [2.45, 2.75) is 19.3 Å². The molecular formula is C12H12O2. The van der Waals surface area contributed by atoms with Crippen molar-refractivity contribution >= 4 is 6.08 Å². The minimum absolute atomic E-state index is 0.357. The lowest BCUT2D eigenvalue weighted by Crippen LogP contribution is -1.99. The molecule has 2 nitrogen and oxygen atoms in total. The van der Waals surface area contributed by atoms with Gasteiger partial charge in [0.1, 0.15) is 0 Å². The summed E-state index contributed by atoms with van der Waals surface area (Å²) < 4.78 is 10.7. The average Bonchev–Trinajstić information content (AvgIpc) is 2.62. The summed E-state index contributed by atoms with van der Waals surface area (Å²) in [6, 6.07) is 4.19. The molecule has 2 aliphatic rings. The van der Waals surface area contributed by atoms with Gasteiger partial charge in [-0.25, -0.2) is 0 Å². The van der Waals surface area contributed by atoms with Gasteiger partial charge in [0.2, 0.25) is 6.79 Å². The van der Waals surface area contributed by atoms with Gasteiger partial charge in [-0.1, -0.05) is 19.1 Å².